The number of benzene rings is 2. The van der Waals surface area contributed by atoms with E-state index in [-0.39, 0.29) is 10.7 Å². The minimum Gasteiger partial charge on any atom is -0.497 e. The highest BCUT2D eigenvalue weighted by Crippen LogP contribution is 2.25. The van der Waals surface area contributed by atoms with Gasteiger partial charge in [0, 0.05) is 23.9 Å². The number of ether oxygens (including phenoxy) is 2. The van der Waals surface area contributed by atoms with Crippen LogP contribution in [0.25, 0.3) is 6.08 Å². The lowest BCUT2D eigenvalue weighted by atomic mass is 10.2. The van der Waals surface area contributed by atoms with Crippen LogP contribution in [0.15, 0.2) is 48.5 Å². The van der Waals surface area contributed by atoms with Crippen LogP contribution >= 0.6 is 11.6 Å². The second-order valence-electron chi connectivity index (χ2n) is 5.19. The fourth-order valence-corrected chi connectivity index (χ4v) is 2.21. The highest BCUT2D eigenvalue weighted by Gasteiger charge is 2.12. The normalized spacial score (nSPS) is 10.4. The minimum atomic E-state index is -0.770. The van der Waals surface area contributed by atoms with Crippen LogP contribution in [0.5, 0.6) is 5.75 Å². The van der Waals surface area contributed by atoms with Crippen molar-refractivity contribution < 1.29 is 24.0 Å². The molecule has 0 aromatic heterocycles. The number of nitro benzene ring substituents is 1. The van der Waals surface area contributed by atoms with Gasteiger partial charge in [0.05, 0.1) is 12.0 Å². The average Bonchev–Trinajstić information content (AvgIpc) is 2.65. The molecule has 0 saturated heterocycles. The van der Waals surface area contributed by atoms with Crippen LogP contribution < -0.4 is 10.1 Å². The van der Waals surface area contributed by atoms with Crippen molar-refractivity contribution in [2.24, 2.45) is 0 Å². The molecule has 2 aromatic rings. The van der Waals surface area contributed by atoms with Gasteiger partial charge < -0.3 is 14.8 Å². The van der Waals surface area contributed by atoms with Gasteiger partial charge in [-0.2, -0.15) is 0 Å². The van der Waals surface area contributed by atoms with Crippen molar-refractivity contribution in [2.75, 3.05) is 19.0 Å². The number of methoxy groups -OCH3 is 1. The molecule has 0 spiro atoms. The molecule has 2 rings (SSSR count). The summed E-state index contributed by atoms with van der Waals surface area (Å²) < 4.78 is 9.87. The number of nitrogens with one attached hydrogen (secondary N) is 1. The van der Waals surface area contributed by atoms with Gasteiger partial charge in [0.25, 0.3) is 11.6 Å². The van der Waals surface area contributed by atoms with Gasteiger partial charge in [-0.1, -0.05) is 23.7 Å². The number of carbonyl (C=O) groups excluding carboxylic acids is 2. The number of halogens is 1. The van der Waals surface area contributed by atoms with E-state index in [1.165, 1.54) is 31.4 Å². The number of amides is 1. The van der Waals surface area contributed by atoms with Crippen LogP contribution in [-0.2, 0) is 14.3 Å². The Balaban J connectivity index is 1.88. The summed E-state index contributed by atoms with van der Waals surface area (Å²) in [4.78, 5) is 33.7. The van der Waals surface area contributed by atoms with Crippen molar-refractivity contribution >= 4 is 40.9 Å². The number of rotatable bonds is 7. The highest BCUT2D eigenvalue weighted by molar-refractivity contribution is 6.32. The Bertz CT molecular complexity index is 897. The first-order valence-corrected chi connectivity index (χ1v) is 7.99. The monoisotopic (exact) mass is 390 g/mol. The zero-order chi connectivity index (χ0) is 19.8. The van der Waals surface area contributed by atoms with E-state index in [0.29, 0.717) is 17.0 Å². The molecule has 0 atom stereocenters. The molecule has 0 aliphatic carbocycles. The lowest BCUT2D eigenvalue weighted by Crippen LogP contribution is -2.20. The summed E-state index contributed by atoms with van der Waals surface area (Å²) in [5.74, 6) is -0.717. The molecule has 2 aromatic carbocycles. The number of anilines is 1. The first-order chi connectivity index (χ1) is 12.9. The standard InChI is InChI=1S/C18H15ClN2O6/c1-26-14-4-2-3-13(10-14)20-17(22)11-27-18(23)8-6-12-5-7-15(19)16(9-12)21(24)25/h2-10H,11H2,1H3,(H,20,22)/b8-6+. The van der Waals surface area contributed by atoms with E-state index in [0.717, 1.165) is 6.08 Å². The van der Waals surface area contributed by atoms with Crippen LogP contribution in [-0.4, -0.2) is 30.5 Å². The van der Waals surface area contributed by atoms with Crippen LogP contribution in [0.2, 0.25) is 5.02 Å². The first kappa shape index (κ1) is 19.9. The summed E-state index contributed by atoms with van der Waals surface area (Å²) in [5, 5.41) is 13.4. The van der Waals surface area contributed by atoms with Gasteiger partial charge in [0.2, 0.25) is 0 Å². The van der Waals surface area contributed by atoms with Gasteiger partial charge in [-0.05, 0) is 29.8 Å². The van der Waals surface area contributed by atoms with Crippen molar-refractivity contribution in [3.05, 3.63) is 69.2 Å². The number of nitro groups is 1. The quantitative estimate of drug-likeness (QED) is 0.336. The third-order valence-electron chi connectivity index (χ3n) is 3.28. The van der Waals surface area contributed by atoms with Crippen molar-refractivity contribution in [1.29, 1.82) is 0 Å². The Morgan fingerprint density at radius 3 is 2.74 bits per heavy atom. The number of nitrogens with zero attached hydrogens (tertiary/aromatic N) is 1. The maximum atomic E-state index is 11.8. The van der Waals surface area contributed by atoms with Crippen molar-refractivity contribution in [3.8, 4) is 5.75 Å². The molecule has 0 heterocycles. The van der Waals surface area contributed by atoms with Gasteiger partial charge in [-0.3, -0.25) is 14.9 Å². The number of hydrogen-bond donors (Lipinski definition) is 1. The summed E-state index contributed by atoms with van der Waals surface area (Å²) in [6.45, 7) is -0.485. The topological polar surface area (TPSA) is 108 Å². The molecule has 0 saturated carbocycles. The number of esters is 1. The second-order valence-corrected chi connectivity index (χ2v) is 5.60. The van der Waals surface area contributed by atoms with Crippen LogP contribution in [0.1, 0.15) is 5.56 Å². The maximum Gasteiger partial charge on any atom is 0.331 e. The van der Waals surface area contributed by atoms with Gasteiger partial charge >= 0.3 is 5.97 Å². The summed E-state index contributed by atoms with van der Waals surface area (Å²) in [5.41, 5.74) is 0.619. The summed E-state index contributed by atoms with van der Waals surface area (Å²) in [6.07, 6.45) is 2.39. The van der Waals surface area contributed by atoms with E-state index in [2.05, 4.69) is 5.32 Å². The third-order valence-corrected chi connectivity index (χ3v) is 3.60. The number of carbonyl (C=O) groups is 2. The largest absolute Gasteiger partial charge is 0.497 e. The Morgan fingerprint density at radius 1 is 1.26 bits per heavy atom. The summed E-state index contributed by atoms with van der Waals surface area (Å²) in [7, 11) is 1.50. The second kappa shape index (κ2) is 9.35. The molecule has 0 aliphatic heterocycles. The smallest absolute Gasteiger partial charge is 0.331 e. The van der Waals surface area contributed by atoms with Crippen molar-refractivity contribution in [1.82, 2.24) is 0 Å². The third kappa shape index (κ3) is 6.12. The Hall–Kier alpha value is -3.39. The van der Waals surface area contributed by atoms with Gasteiger partial charge in [0.15, 0.2) is 6.61 Å². The molecule has 0 bridgehead atoms. The lowest BCUT2D eigenvalue weighted by Gasteiger charge is -2.07. The lowest BCUT2D eigenvalue weighted by molar-refractivity contribution is -0.384. The Labute approximate surface area is 159 Å². The molecule has 140 valence electrons. The average molecular weight is 391 g/mol. The maximum absolute atomic E-state index is 11.8. The summed E-state index contributed by atoms with van der Waals surface area (Å²) in [6, 6.07) is 10.8. The van der Waals surface area contributed by atoms with Crippen molar-refractivity contribution in [3.63, 3.8) is 0 Å². The SMILES string of the molecule is COc1cccc(NC(=O)COC(=O)/C=C/c2ccc(Cl)c([N+](=O)[O-])c2)c1. The molecular formula is C18H15ClN2O6. The molecule has 1 N–H and O–H groups in total. The minimum absolute atomic E-state index is 0.00561. The van der Waals surface area contributed by atoms with E-state index in [1.54, 1.807) is 24.3 Å². The molecule has 0 aliphatic rings. The molecule has 9 heteroatoms. The van der Waals surface area contributed by atoms with Crippen LogP contribution in [0.4, 0.5) is 11.4 Å². The predicted molar refractivity (Wildman–Crippen MR) is 99.7 cm³/mol. The summed E-state index contributed by atoms with van der Waals surface area (Å²) >= 11 is 5.71. The molecule has 8 nitrogen and oxygen atoms in total. The molecule has 1 amide bonds. The van der Waals surface area contributed by atoms with Crippen molar-refractivity contribution in [2.45, 2.75) is 0 Å². The first-order valence-electron chi connectivity index (χ1n) is 7.61. The molecular weight excluding hydrogens is 376 g/mol. The Kier molecular flexibility index (Phi) is 6.90. The zero-order valence-corrected chi connectivity index (χ0v) is 14.9. The van der Waals surface area contributed by atoms with Gasteiger partial charge in [0.1, 0.15) is 10.8 Å². The fraction of sp³-hybridized carbons (Fsp3) is 0.111. The fourth-order valence-electron chi connectivity index (χ4n) is 2.02. The molecule has 0 unspecified atom stereocenters. The van der Waals surface area contributed by atoms with E-state index >= 15 is 0 Å². The van der Waals surface area contributed by atoms with Crippen LogP contribution in [0, 0.1) is 10.1 Å². The highest BCUT2D eigenvalue weighted by atomic mass is 35.5. The zero-order valence-electron chi connectivity index (χ0n) is 14.2. The van der Waals surface area contributed by atoms with Gasteiger partial charge in [-0.25, -0.2) is 4.79 Å². The van der Waals surface area contributed by atoms with E-state index < -0.39 is 23.4 Å². The molecule has 0 radical (unpaired) electrons. The van der Waals surface area contributed by atoms with E-state index in [4.69, 9.17) is 21.1 Å². The molecule has 27 heavy (non-hydrogen) atoms. The molecule has 0 fully saturated rings. The van der Waals surface area contributed by atoms with Crippen LogP contribution in [0.3, 0.4) is 0 Å². The number of hydrogen-bond acceptors (Lipinski definition) is 6. The van der Waals surface area contributed by atoms with E-state index in [1.807, 2.05) is 0 Å². The van der Waals surface area contributed by atoms with E-state index in [9.17, 15) is 19.7 Å². The Morgan fingerprint density at radius 2 is 2.04 bits per heavy atom. The predicted octanol–water partition coefficient (Wildman–Crippen LogP) is 3.45. The van der Waals surface area contributed by atoms with Gasteiger partial charge in [-0.15, -0.1) is 0 Å².